The molecule has 0 spiro atoms. The average molecular weight is 578 g/mol. The Bertz CT molecular complexity index is 1510. The third kappa shape index (κ3) is 6.43. The van der Waals surface area contributed by atoms with Gasteiger partial charge < -0.3 is 20.6 Å². The van der Waals surface area contributed by atoms with E-state index in [9.17, 15) is 27.9 Å². The number of thiazole rings is 1. The van der Waals surface area contributed by atoms with E-state index >= 15 is 0 Å². The molecule has 15 heteroatoms. The molecule has 1 fully saturated rings. The van der Waals surface area contributed by atoms with Crippen LogP contribution in [0.2, 0.25) is 0 Å². The Labute approximate surface area is 227 Å². The molecule has 3 amide bonds. The van der Waals surface area contributed by atoms with Crippen molar-refractivity contribution in [2.24, 2.45) is 0 Å². The molecule has 3 aromatic heterocycles. The van der Waals surface area contributed by atoms with E-state index in [1.165, 1.54) is 40.0 Å². The Kier molecular flexibility index (Phi) is 7.63. The van der Waals surface area contributed by atoms with Crippen LogP contribution >= 0.6 is 22.7 Å². The molecule has 1 aliphatic heterocycles. The normalized spacial score (nSPS) is 15.5. The molecule has 1 saturated heterocycles. The summed E-state index contributed by atoms with van der Waals surface area (Å²) in [6.07, 6.45) is -1.40. The van der Waals surface area contributed by atoms with Gasteiger partial charge in [0.05, 0.1) is 21.9 Å². The van der Waals surface area contributed by atoms with E-state index in [2.05, 4.69) is 30.9 Å². The Morgan fingerprint density at radius 2 is 2.00 bits per heavy atom. The van der Waals surface area contributed by atoms with Crippen LogP contribution in [0.3, 0.4) is 0 Å². The summed E-state index contributed by atoms with van der Waals surface area (Å²) in [5.74, 6) is 0.0816. The molecule has 0 radical (unpaired) electrons. The number of β-amino-alcohol motifs (C(OH)–C–C–N with tert-alkyl or cyclic N) is 1. The number of urea groups is 1. The molecule has 1 aromatic carbocycles. The number of likely N-dealkylation sites (tertiary alicyclic amines) is 1. The molecule has 4 aromatic rings. The quantitative estimate of drug-likeness (QED) is 0.251. The number of amides is 3. The molecule has 4 heterocycles. The van der Waals surface area contributed by atoms with Gasteiger partial charge in [-0.15, -0.1) is 22.7 Å². The summed E-state index contributed by atoms with van der Waals surface area (Å²) in [5, 5.41) is 20.0. The number of rotatable bonds is 7. The van der Waals surface area contributed by atoms with Crippen molar-refractivity contribution in [2.75, 3.05) is 35.6 Å². The first kappa shape index (κ1) is 26.8. The number of hydrogen-bond acceptors (Lipinski definition) is 9. The number of aromatic nitrogens is 3. The highest BCUT2D eigenvalue weighted by Gasteiger charge is 2.33. The Morgan fingerprint density at radius 3 is 2.77 bits per heavy atom. The summed E-state index contributed by atoms with van der Waals surface area (Å²) in [7, 11) is 0. The fourth-order valence-electron chi connectivity index (χ4n) is 4.05. The van der Waals surface area contributed by atoms with E-state index in [-0.39, 0.29) is 29.5 Å². The van der Waals surface area contributed by atoms with Crippen molar-refractivity contribution in [3.05, 3.63) is 58.2 Å². The van der Waals surface area contributed by atoms with Crippen LogP contribution in [0.1, 0.15) is 27.2 Å². The van der Waals surface area contributed by atoms with E-state index < -0.39 is 29.8 Å². The topological polar surface area (TPSA) is 132 Å². The smallest absolute Gasteiger partial charge is 0.391 e. The summed E-state index contributed by atoms with van der Waals surface area (Å²) in [5.41, 5.74) is -0.645. The van der Waals surface area contributed by atoms with E-state index in [4.69, 9.17) is 0 Å². The van der Waals surface area contributed by atoms with Crippen LogP contribution in [0, 0.1) is 0 Å². The van der Waals surface area contributed by atoms with Gasteiger partial charge in [-0.1, -0.05) is 0 Å². The number of hydrogen-bond donors (Lipinski definition) is 4. The molecule has 39 heavy (non-hydrogen) atoms. The van der Waals surface area contributed by atoms with Gasteiger partial charge in [-0.25, -0.2) is 19.7 Å². The number of nitrogens with one attached hydrogen (secondary N) is 3. The van der Waals surface area contributed by atoms with Crippen LogP contribution in [0.5, 0.6) is 0 Å². The third-order valence-corrected chi connectivity index (χ3v) is 7.78. The summed E-state index contributed by atoms with van der Waals surface area (Å²) in [6, 6.07) is 3.78. The Hall–Kier alpha value is -3.82. The summed E-state index contributed by atoms with van der Waals surface area (Å²) < 4.78 is 41.4. The predicted octanol–water partition coefficient (Wildman–Crippen LogP) is 4.67. The second kappa shape index (κ2) is 11.1. The van der Waals surface area contributed by atoms with Crippen molar-refractivity contribution in [1.82, 2.24) is 19.9 Å². The molecule has 0 aliphatic carbocycles. The average Bonchev–Trinajstić information content (AvgIpc) is 3.64. The van der Waals surface area contributed by atoms with Crippen LogP contribution in [0.4, 0.5) is 34.6 Å². The Balaban J connectivity index is 1.20. The van der Waals surface area contributed by atoms with Crippen molar-refractivity contribution in [3.63, 3.8) is 0 Å². The molecular formula is C24H22F3N7O3S2. The molecule has 204 valence electrons. The molecule has 1 aliphatic rings. The van der Waals surface area contributed by atoms with Crippen LogP contribution in [0.25, 0.3) is 10.2 Å². The molecule has 5 rings (SSSR count). The van der Waals surface area contributed by atoms with Crippen LogP contribution < -0.4 is 16.0 Å². The number of thiophene rings is 1. The maximum atomic E-state index is 13.5. The molecular weight excluding hydrogens is 555 g/mol. The number of aliphatic hydroxyl groups excluding tert-OH is 1. The van der Waals surface area contributed by atoms with Gasteiger partial charge in [0, 0.05) is 48.4 Å². The lowest BCUT2D eigenvalue weighted by Crippen LogP contribution is -2.30. The Morgan fingerprint density at radius 1 is 1.15 bits per heavy atom. The second-order valence-electron chi connectivity index (χ2n) is 8.74. The number of carbonyl (C=O) groups is 2. The van der Waals surface area contributed by atoms with E-state index in [1.807, 2.05) is 11.4 Å². The van der Waals surface area contributed by atoms with E-state index in [1.54, 1.807) is 6.20 Å². The van der Waals surface area contributed by atoms with Crippen LogP contribution in [-0.2, 0) is 12.6 Å². The number of fused-ring (bicyclic) bond motifs is 1. The number of alkyl halides is 3. The van der Waals surface area contributed by atoms with E-state index in [0.717, 1.165) is 33.0 Å². The molecule has 0 saturated carbocycles. The first-order valence-electron chi connectivity index (χ1n) is 11.8. The van der Waals surface area contributed by atoms with Crippen molar-refractivity contribution in [2.45, 2.75) is 25.1 Å². The van der Waals surface area contributed by atoms with Crippen molar-refractivity contribution >= 4 is 61.5 Å². The maximum absolute atomic E-state index is 13.5. The fraction of sp³-hybridized carbons (Fsp3) is 0.292. The minimum atomic E-state index is -4.73. The monoisotopic (exact) mass is 577 g/mol. The van der Waals surface area contributed by atoms with Crippen LogP contribution in [0.15, 0.2) is 42.2 Å². The molecule has 0 bridgehead atoms. The third-order valence-electron chi connectivity index (χ3n) is 5.90. The SMILES string of the molecule is O=C(Nc1cc(C(=O)N2CC[C@H](O)C2)cc(C(F)(F)F)c1)Nc1ncc(CCNc2ncnc3ccsc23)s1. The highest BCUT2D eigenvalue weighted by molar-refractivity contribution is 7.17. The van der Waals surface area contributed by atoms with Gasteiger partial charge in [-0.3, -0.25) is 10.1 Å². The van der Waals surface area contributed by atoms with Crippen molar-refractivity contribution < 1.29 is 27.9 Å². The number of nitrogens with zero attached hydrogens (tertiary/aromatic N) is 4. The summed E-state index contributed by atoms with van der Waals surface area (Å²) in [4.78, 5) is 40.0. The highest BCUT2D eigenvalue weighted by atomic mass is 32.1. The summed E-state index contributed by atoms with van der Waals surface area (Å²) in [6.45, 7) is 0.837. The van der Waals surface area contributed by atoms with Gasteiger partial charge in [-0.2, -0.15) is 13.2 Å². The second-order valence-corrected chi connectivity index (χ2v) is 10.8. The highest BCUT2D eigenvalue weighted by Crippen LogP contribution is 2.33. The number of anilines is 3. The minimum absolute atomic E-state index is 0.0394. The van der Waals surface area contributed by atoms with Crippen LogP contribution in [-0.4, -0.2) is 62.6 Å². The van der Waals surface area contributed by atoms with Gasteiger partial charge in [0.25, 0.3) is 5.91 Å². The minimum Gasteiger partial charge on any atom is -0.391 e. The standard InChI is InChI=1S/C24H22F3N7O3S2/c25-24(26,27)14-7-13(21(36)34-5-2-16(35)11-34)8-15(9-14)32-22(37)33-23-29-10-17(39-23)1-4-28-20-19-18(3-6-38-19)30-12-31-20/h3,6-10,12,16,35H,1-2,4-5,11H2,(H,28,30,31)(H2,29,32,33,37)/t16-/m0/s1. The first-order chi connectivity index (χ1) is 18.7. The zero-order chi connectivity index (χ0) is 27.6. The largest absolute Gasteiger partial charge is 0.416 e. The molecule has 0 unspecified atom stereocenters. The van der Waals surface area contributed by atoms with Crippen molar-refractivity contribution in [1.29, 1.82) is 0 Å². The maximum Gasteiger partial charge on any atom is 0.416 e. The van der Waals surface area contributed by atoms with Gasteiger partial charge >= 0.3 is 12.2 Å². The van der Waals surface area contributed by atoms with Crippen molar-refractivity contribution in [3.8, 4) is 0 Å². The summed E-state index contributed by atoms with van der Waals surface area (Å²) >= 11 is 2.76. The molecule has 1 atom stereocenters. The zero-order valence-electron chi connectivity index (χ0n) is 20.2. The lowest BCUT2D eigenvalue weighted by Gasteiger charge is -2.18. The lowest BCUT2D eigenvalue weighted by atomic mass is 10.1. The van der Waals surface area contributed by atoms with Gasteiger partial charge in [0.15, 0.2) is 5.13 Å². The number of carbonyl (C=O) groups excluding carboxylic acids is 2. The molecule has 4 N–H and O–H groups in total. The first-order valence-corrected chi connectivity index (χ1v) is 13.5. The predicted molar refractivity (Wildman–Crippen MR) is 142 cm³/mol. The number of benzene rings is 1. The number of halogens is 3. The van der Waals surface area contributed by atoms with Gasteiger partial charge in [-0.05, 0) is 36.1 Å². The van der Waals surface area contributed by atoms with E-state index in [0.29, 0.717) is 19.4 Å². The number of aliphatic hydroxyl groups is 1. The fourth-order valence-corrected chi connectivity index (χ4v) is 5.67. The van der Waals surface area contributed by atoms with Gasteiger partial charge in [0.1, 0.15) is 12.1 Å². The lowest BCUT2D eigenvalue weighted by molar-refractivity contribution is -0.137. The van der Waals surface area contributed by atoms with Gasteiger partial charge in [0.2, 0.25) is 0 Å². The molecule has 10 nitrogen and oxygen atoms in total. The zero-order valence-corrected chi connectivity index (χ0v) is 21.8.